The molecule has 158 valence electrons. The van der Waals surface area contributed by atoms with Crippen molar-refractivity contribution in [2.45, 2.75) is 31.5 Å². The molecule has 0 saturated heterocycles. The smallest absolute Gasteiger partial charge is 0.421 e. The molecule has 1 N–H and O–H groups in total. The SMILES string of the molecule is CCOc1ccc(C(O)(CCc2cccc(Oc3ccccc3)c2)C(F)(F)F)cc1. The van der Waals surface area contributed by atoms with Crippen molar-refractivity contribution in [1.82, 2.24) is 0 Å². The highest BCUT2D eigenvalue weighted by Gasteiger charge is 2.54. The molecule has 0 aliphatic rings. The molecule has 3 nitrogen and oxygen atoms in total. The molecule has 6 heteroatoms. The Morgan fingerprint density at radius 3 is 2.10 bits per heavy atom. The zero-order valence-electron chi connectivity index (χ0n) is 16.5. The van der Waals surface area contributed by atoms with E-state index in [1.807, 2.05) is 18.2 Å². The summed E-state index contributed by atoms with van der Waals surface area (Å²) in [6.45, 7) is 2.19. The van der Waals surface area contributed by atoms with E-state index in [9.17, 15) is 18.3 Å². The Morgan fingerprint density at radius 2 is 1.47 bits per heavy atom. The molecule has 0 amide bonds. The van der Waals surface area contributed by atoms with Gasteiger partial charge in [0.1, 0.15) is 17.2 Å². The van der Waals surface area contributed by atoms with Gasteiger partial charge in [-0.15, -0.1) is 0 Å². The first-order valence-electron chi connectivity index (χ1n) is 9.66. The van der Waals surface area contributed by atoms with Gasteiger partial charge in [0.2, 0.25) is 0 Å². The van der Waals surface area contributed by atoms with Crippen LogP contribution in [0.15, 0.2) is 78.9 Å². The lowest BCUT2D eigenvalue weighted by Gasteiger charge is -2.31. The van der Waals surface area contributed by atoms with Crippen LogP contribution in [-0.4, -0.2) is 17.9 Å². The van der Waals surface area contributed by atoms with Gasteiger partial charge in [-0.3, -0.25) is 0 Å². The first kappa shape index (κ1) is 21.7. The number of aliphatic hydroxyl groups is 1. The molecule has 0 fully saturated rings. The van der Waals surface area contributed by atoms with Gasteiger partial charge in [-0.2, -0.15) is 13.2 Å². The predicted molar refractivity (Wildman–Crippen MR) is 109 cm³/mol. The van der Waals surface area contributed by atoms with E-state index in [4.69, 9.17) is 9.47 Å². The van der Waals surface area contributed by atoms with Gasteiger partial charge < -0.3 is 14.6 Å². The number of aryl methyl sites for hydroxylation is 1. The molecule has 0 aromatic heterocycles. The van der Waals surface area contributed by atoms with Crippen molar-refractivity contribution in [3.63, 3.8) is 0 Å². The van der Waals surface area contributed by atoms with E-state index in [0.717, 1.165) is 0 Å². The largest absolute Gasteiger partial charge is 0.494 e. The van der Waals surface area contributed by atoms with Crippen LogP contribution in [0.2, 0.25) is 0 Å². The second-order valence-corrected chi connectivity index (χ2v) is 6.88. The van der Waals surface area contributed by atoms with E-state index in [1.54, 1.807) is 43.3 Å². The summed E-state index contributed by atoms with van der Waals surface area (Å²) in [4.78, 5) is 0. The summed E-state index contributed by atoms with van der Waals surface area (Å²) in [5.41, 5.74) is -2.54. The van der Waals surface area contributed by atoms with Crippen LogP contribution in [0.1, 0.15) is 24.5 Å². The first-order chi connectivity index (χ1) is 14.3. The number of rotatable bonds is 8. The zero-order valence-corrected chi connectivity index (χ0v) is 16.5. The van der Waals surface area contributed by atoms with Crippen molar-refractivity contribution < 1.29 is 27.8 Å². The number of ether oxygens (including phenoxy) is 2. The van der Waals surface area contributed by atoms with Crippen molar-refractivity contribution >= 4 is 0 Å². The molecular weight excluding hydrogens is 393 g/mol. The zero-order chi connectivity index (χ0) is 21.6. The van der Waals surface area contributed by atoms with Crippen molar-refractivity contribution in [3.05, 3.63) is 90.0 Å². The van der Waals surface area contributed by atoms with Crippen molar-refractivity contribution in [2.24, 2.45) is 0 Å². The maximum Gasteiger partial charge on any atom is 0.421 e. The van der Waals surface area contributed by atoms with Crippen molar-refractivity contribution in [2.75, 3.05) is 6.61 Å². The Balaban J connectivity index is 1.77. The average molecular weight is 416 g/mol. The first-order valence-corrected chi connectivity index (χ1v) is 9.66. The van der Waals surface area contributed by atoms with E-state index in [1.165, 1.54) is 24.3 Å². The summed E-state index contributed by atoms with van der Waals surface area (Å²) in [5.74, 6) is 1.61. The Hall–Kier alpha value is -2.99. The number of alkyl halides is 3. The fourth-order valence-corrected chi connectivity index (χ4v) is 3.16. The number of benzene rings is 3. The summed E-state index contributed by atoms with van der Waals surface area (Å²) in [6.07, 6.45) is -5.31. The summed E-state index contributed by atoms with van der Waals surface area (Å²) < 4.78 is 52.4. The van der Waals surface area contributed by atoms with Crippen LogP contribution >= 0.6 is 0 Å². The standard InChI is InChI=1S/C24H23F3O3/c1-2-29-20-13-11-19(12-14-20)23(28,24(25,26)27)16-15-18-7-6-10-22(17-18)30-21-8-4-3-5-9-21/h3-14,17,28H,2,15-16H2,1H3. The lowest BCUT2D eigenvalue weighted by atomic mass is 9.87. The predicted octanol–water partition coefficient (Wildman–Crippen LogP) is 6.26. The summed E-state index contributed by atoms with van der Waals surface area (Å²) >= 11 is 0. The van der Waals surface area contributed by atoms with E-state index >= 15 is 0 Å². The Morgan fingerprint density at radius 1 is 0.800 bits per heavy atom. The highest BCUT2D eigenvalue weighted by Crippen LogP contribution is 2.43. The maximum absolute atomic E-state index is 13.8. The highest BCUT2D eigenvalue weighted by molar-refractivity contribution is 5.35. The summed E-state index contributed by atoms with van der Waals surface area (Å²) in [5, 5.41) is 10.6. The van der Waals surface area contributed by atoms with Gasteiger partial charge in [0.25, 0.3) is 0 Å². The number of hydrogen-bond donors (Lipinski definition) is 1. The third-order valence-electron chi connectivity index (χ3n) is 4.76. The molecule has 0 aliphatic heterocycles. The third-order valence-corrected chi connectivity index (χ3v) is 4.76. The molecule has 3 aromatic carbocycles. The van der Waals surface area contributed by atoms with E-state index in [-0.39, 0.29) is 12.0 Å². The van der Waals surface area contributed by atoms with Gasteiger partial charge in [-0.05, 0) is 67.3 Å². The summed E-state index contributed by atoms with van der Waals surface area (Å²) in [6, 6.07) is 21.3. The van der Waals surface area contributed by atoms with Crippen LogP contribution in [0, 0.1) is 0 Å². The monoisotopic (exact) mass is 416 g/mol. The van der Waals surface area contributed by atoms with Gasteiger partial charge in [0.15, 0.2) is 5.60 Å². The molecule has 1 unspecified atom stereocenters. The molecular formula is C24H23F3O3. The Labute approximate surface area is 173 Å². The third kappa shape index (κ3) is 5.13. The minimum atomic E-state index is -4.82. The lowest BCUT2D eigenvalue weighted by Crippen LogP contribution is -2.42. The molecule has 30 heavy (non-hydrogen) atoms. The quantitative estimate of drug-likeness (QED) is 0.471. The number of halogens is 3. The maximum atomic E-state index is 13.8. The molecule has 0 spiro atoms. The van der Waals surface area contributed by atoms with Crippen LogP contribution in [0.3, 0.4) is 0 Å². The molecule has 1 atom stereocenters. The van der Waals surface area contributed by atoms with Crippen LogP contribution in [0.25, 0.3) is 0 Å². The molecule has 3 aromatic rings. The minimum absolute atomic E-state index is 0.0230. The van der Waals surface area contributed by atoms with Crippen LogP contribution in [0.5, 0.6) is 17.2 Å². The van der Waals surface area contributed by atoms with Crippen LogP contribution < -0.4 is 9.47 Å². The van der Waals surface area contributed by atoms with Crippen LogP contribution in [-0.2, 0) is 12.0 Å². The second-order valence-electron chi connectivity index (χ2n) is 6.88. The lowest BCUT2D eigenvalue weighted by molar-refractivity contribution is -0.269. The number of para-hydroxylation sites is 1. The molecule has 0 aliphatic carbocycles. The van der Waals surface area contributed by atoms with Crippen LogP contribution in [0.4, 0.5) is 13.2 Å². The molecule has 0 heterocycles. The fraction of sp³-hybridized carbons (Fsp3) is 0.250. The normalized spacial score (nSPS) is 13.5. The topological polar surface area (TPSA) is 38.7 Å². The van der Waals surface area contributed by atoms with Crippen molar-refractivity contribution in [1.29, 1.82) is 0 Å². The van der Waals surface area contributed by atoms with Crippen molar-refractivity contribution in [3.8, 4) is 17.2 Å². The number of hydrogen-bond acceptors (Lipinski definition) is 3. The average Bonchev–Trinajstić information content (AvgIpc) is 2.73. The summed E-state index contributed by atoms with van der Waals surface area (Å²) in [7, 11) is 0. The Kier molecular flexibility index (Phi) is 6.67. The molecule has 3 rings (SSSR count). The fourth-order valence-electron chi connectivity index (χ4n) is 3.16. The highest BCUT2D eigenvalue weighted by atomic mass is 19.4. The van der Waals surface area contributed by atoms with Gasteiger partial charge in [-0.1, -0.05) is 42.5 Å². The van der Waals surface area contributed by atoms with Gasteiger partial charge in [0.05, 0.1) is 6.61 Å². The Bertz CT molecular complexity index is 940. The van der Waals surface area contributed by atoms with E-state index < -0.39 is 18.2 Å². The van der Waals surface area contributed by atoms with Gasteiger partial charge in [0, 0.05) is 0 Å². The minimum Gasteiger partial charge on any atom is -0.494 e. The van der Waals surface area contributed by atoms with E-state index in [2.05, 4.69) is 0 Å². The van der Waals surface area contributed by atoms with E-state index in [0.29, 0.717) is 29.4 Å². The molecule has 0 radical (unpaired) electrons. The van der Waals surface area contributed by atoms with Gasteiger partial charge >= 0.3 is 6.18 Å². The molecule has 0 bridgehead atoms. The molecule has 0 saturated carbocycles. The van der Waals surface area contributed by atoms with Gasteiger partial charge in [-0.25, -0.2) is 0 Å². The second kappa shape index (κ2) is 9.22.